The van der Waals surface area contributed by atoms with Crippen LogP contribution in [0.4, 0.5) is 5.95 Å². The molecule has 0 radical (unpaired) electrons. The molecule has 21 heavy (non-hydrogen) atoms. The van der Waals surface area contributed by atoms with Gasteiger partial charge in [0.15, 0.2) is 0 Å². The molecule has 0 spiro atoms. The lowest BCUT2D eigenvalue weighted by atomic mass is 10.2. The zero-order valence-corrected chi connectivity index (χ0v) is 12.0. The van der Waals surface area contributed by atoms with E-state index in [4.69, 9.17) is 5.73 Å². The molecular weight excluding hydrogens is 264 g/mol. The third kappa shape index (κ3) is 3.53. The number of nitrogens with two attached hydrogens (primary N) is 1. The maximum Gasteiger partial charge on any atom is 0.225 e. The molecule has 0 aliphatic carbocycles. The molecule has 0 saturated carbocycles. The fraction of sp³-hybridized carbons (Fsp3) is 0.400. The van der Waals surface area contributed by atoms with Gasteiger partial charge in [0.25, 0.3) is 0 Å². The molecule has 2 N–H and O–H groups in total. The number of hydrogen-bond acceptors (Lipinski definition) is 6. The molecule has 0 amide bonds. The van der Waals surface area contributed by atoms with E-state index in [0.29, 0.717) is 6.54 Å². The molecule has 1 aliphatic rings. The van der Waals surface area contributed by atoms with Crippen molar-refractivity contribution in [3.8, 4) is 0 Å². The Morgan fingerprint density at radius 3 is 2.38 bits per heavy atom. The van der Waals surface area contributed by atoms with Gasteiger partial charge in [0, 0.05) is 51.7 Å². The lowest BCUT2D eigenvalue weighted by molar-refractivity contribution is 0.246. The smallest absolute Gasteiger partial charge is 0.225 e. The summed E-state index contributed by atoms with van der Waals surface area (Å²) < 4.78 is 0. The van der Waals surface area contributed by atoms with Gasteiger partial charge in [-0.3, -0.25) is 9.88 Å². The summed E-state index contributed by atoms with van der Waals surface area (Å²) in [5.41, 5.74) is 7.67. The number of pyridine rings is 1. The largest absolute Gasteiger partial charge is 0.338 e. The van der Waals surface area contributed by atoms with Gasteiger partial charge in [-0.25, -0.2) is 9.97 Å². The molecule has 2 aromatic rings. The predicted octanol–water partition coefficient (Wildman–Crippen LogP) is 0.652. The maximum absolute atomic E-state index is 5.64. The summed E-state index contributed by atoms with van der Waals surface area (Å²) >= 11 is 0. The van der Waals surface area contributed by atoms with E-state index < -0.39 is 0 Å². The summed E-state index contributed by atoms with van der Waals surface area (Å²) in [6.45, 7) is 5.24. The van der Waals surface area contributed by atoms with Crippen molar-refractivity contribution in [3.05, 3.63) is 48.0 Å². The van der Waals surface area contributed by atoms with Crippen LogP contribution in [0.5, 0.6) is 0 Å². The fourth-order valence-corrected chi connectivity index (χ4v) is 2.52. The second kappa shape index (κ2) is 6.60. The highest BCUT2D eigenvalue weighted by Gasteiger charge is 2.18. The van der Waals surface area contributed by atoms with Crippen LogP contribution in [0.2, 0.25) is 0 Å². The van der Waals surface area contributed by atoms with Crippen LogP contribution >= 0.6 is 0 Å². The molecule has 6 heteroatoms. The second-order valence-corrected chi connectivity index (χ2v) is 5.14. The van der Waals surface area contributed by atoms with E-state index in [9.17, 15) is 0 Å². The minimum atomic E-state index is 0.493. The quantitative estimate of drug-likeness (QED) is 0.889. The summed E-state index contributed by atoms with van der Waals surface area (Å²) in [4.78, 5) is 17.8. The SMILES string of the molecule is NCc1cccc(CN2CCN(c3ncccn3)CC2)n1. The molecule has 0 atom stereocenters. The van der Waals surface area contributed by atoms with Gasteiger partial charge in [-0.2, -0.15) is 0 Å². The highest BCUT2D eigenvalue weighted by molar-refractivity contribution is 5.29. The Labute approximate surface area is 124 Å². The van der Waals surface area contributed by atoms with E-state index >= 15 is 0 Å². The third-order valence-corrected chi connectivity index (χ3v) is 3.67. The molecule has 2 aromatic heterocycles. The summed E-state index contributed by atoms with van der Waals surface area (Å²) in [5.74, 6) is 0.820. The number of hydrogen-bond donors (Lipinski definition) is 1. The molecular formula is C15H20N6. The minimum Gasteiger partial charge on any atom is -0.338 e. The monoisotopic (exact) mass is 284 g/mol. The topological polar surface area (TPSA) is 71.2 Å². The van der Waals surface area contributed by atoms with Gasteiger partial charge in [-0.15, -0.1) is 0 Å². The van der Waals surface area contributed by atoms with Crippen LogP contribution < -0.4 is 10.6 Å². The van der Waals surface area contributed by atoms with E-state index in [1.165, 1.54) is 0 Å². The van der Waals surface area contributed by atoms with Crippen LogP contribution in [0, 0.1) is 0 Å². The van der Waals surface area contributed by atoms with Crippen molar-refractivity contribution in [2.75, 3.05) is 31.1 Å². The first-order valence-electron chi connectivity index (χ1n) is 7.24. The van der Waals surface area contributed by atoms with E-state index in [1.807, 2.05) is 18.2 Å². The van der Waals surface area contributed by atoms with Crippen molar-refractivity contribution in [2.24, 2.45) is 5.73 Å². The highest BCUT2D eigenvalue weighted by Crippen LogP contribution is 2.11. The van der Waals surface area contributed by atoms with Gasteiger partial charge < -0.3 is 10.6 Å². The predicted molar refractivity (Wildman–Crippen MR) is 81.7 cm³/mol. The first-order chi connectivity index (χ1) is 10.3. The summed E-state index contributed by atoms with van der Waals surface area (Å²) in [7, 11) is 0. The molecule has 1 fully saturated rings. The fourth-order valence-electron chi connectivity index (χ4n) is 2.52. The van der Waals surface area contributed by atoms with Crippen molar-refractivity contribution < 1.29 is 0 Å². The standard InChI is InChI=1S/C15H20N6/c16-11-13-3-1-4-14(19-13)12-20-7-9-21(10-8-20)15-17-5-2-6-18-15/h1-6H,7-12,16H2. The van der Waals surface area contributed by atoms with E-state index in [0.717, 1.165) is 50.1 Å². The molecule has 0 bridgehead atoms. The van der Waals surface area contributed by atoms with Crippen LogP contribution in [-0.2, 0) is 13.1 Å². The molecule has 3 heterocycles. The molecule has 6 nitrogen and oxygen atoms in total. The number of aromatic nitrogens is 3. The van der Waals surface area contributed by atoms with E-state index in [-0.39, 0.29) is 0 Å². The van der Waals surface area contributed by atoms with E-state index in [1.54, 1.807) is 12.4 Å². The van der Waals surface area contributed by atoms with Gasteiger partial charge in [0.05, 0.1) is 11.4 Å². The minimum absolute atomic E-state index is 0.493. The molecule has 0 unspecified atom stereocenters. The van der Waals surface area contributed by atoms with Crippen molar-refractivity contribution in [2.45, 2.75) is 13.1 Å². The number of anilines is 1. The maximum atomic E-state index is 5.64. The first kappa shape index (κ1) is 13.9. The lowest BCUT2D eigenvalue weighted by Gasteiger charge is -2.34. The van der Waals surface area contributed by atoms with Crippen molar-refractivity contribution in [1.82, 2.24) is 19.9 Å². The van der Waals surface area contributed by atoms with Gasteiger partial charge >= 0.3 is 0 Å². The molecule has 1 saturated heterocycles. The van der Waals surface area contributed by atoms with Crippen LogP contribution in [0.3, 0.4) is 0 Å². The number of rotatable bonds is 4. The van der Waals surface area contributed by atoms with Crippen LogP contribution in [0.1, 0.15) is 11.4 Å². The zero-order valence-electron chi connectivity index (χ0n) is 12.0. The molecule has 110 valence electrons. The van der Waals surface area contributed by atoms with Gasteiger partial charge in [0.2, 0.25) is 5.95 Å². The second-order valence-electron chi connectivity index (χ2n) is 5.14. The summed E-state index contributed by atoms with van der Waals surface area (Å²) in [5, 5.41) is 0. The Hall–Kier alpha value is -2.05. The third-order valence-electron chi connectivity index (χ3n) is 3.67. The highest BCUT2D eigenvalue weighted by atomic mass is 15.3. The summed E-state index contributed by atoms with van der Waals surface area (Å²) in [6, 6.07) is 7.90. The van der Waals surface area contributed by atoms with Crippen LogP contribution in [0.15, 0.2) is 36.7 Å². The Bertz CT molecular complexity index is 565. The first-order valence-corrected chi connectivity index (χ1v) is 7.24. The normalized spacial score (nSPS) is 16.1. The number of nitrogens with zero attached hydrogens (tertiary/aromatic N) is 5. The Morgan fingerprint density at radius 1 is 0.952 bits per heavy atom. The van der Waals surface area contributed by atoms with E-state index in [2.05, 4.69) is 30.8 Å². The Morgan fingerprint density at radius 2 is 1.67 bits per heavy atom. The molecule has 0 aromatic carbocycles. The molecule has 1 aliphatic heterocycles. The van der Waals surface area contributed by atoms with Crippen molar-refractivity contribution in [3.63, 3.8) is 0 Å². The van der Waals surface area contributed by atoms with Crippen LogP contribution in [-0.4, -0.2) is 46.0 Å². The van der Waals surface area contributed by atoms with Crippen LogP contribution in [0.25, 0.3) is 0 Å². The summed E-state index contributed by atoms with van der Waals surface area (Å²) in [6.07, 6.45) is 3.58. The van der Waals surface area contributed by atoms with Crippen molar-refractivity contribution >= 4 is 5.95 Å². The Balaban J connectivity index is 1.56. The zero-order chi connectivity index (χ0) is 14.5. The number of piperazine rings is 1. The Kier molecular flexibility index (Phi) is 4.37. The van der Waals surface area contributed by atoms with Gasteiger partial charge in [-0.1, -0.05) is 6.07 Å². The molecule has 3 rings (SSSR count). The average Bonchev–Trinajstić information content (AvgIpc) is 2.56. The van der Waals surface area contributed by atoms with Gasteiger partial charge in [0.1, 0.15) is 0 Å². The van der Waals surface area contributed by atoms with Crippen molar-refractivity contribution in [1.29, 1.82) is 0 Å². The average molecular weight is 284 g/mol. The lowest BCUT2D eigenvalue weighted by Crippen LogP contribution is -2.46. The van der Waals surface area contributed by atoms with Gasteiger partial charge in [-0.05, 0) is 18.2 Å².